The van der Waals surface area contributed by atoms with E-state index in [1.807, 2.05) is 18.2 Å². The molecule has 0 aliphatic rings. The number of rotatable bonds is 7. The fraction of sp³-hybridized carbons (Fsp3) is 0.538. The third kappa shape index (κ3) is 5.29. The molecule has 0 atom stereocenters. The Morgan fingerprint density at radius 3 is 2.53 bits per heavy atom. The van der Waals surface area contributed by atoms with Gasteiger partial charge in [0.15, 0.2) is 11.5 Å². The fourth-order valence-electron chi connectivity index (χ4n) is 1.50. The standard InChI is InChI=1S/C13H21NO2.ClH/c1-3-4-5-8-16-13-9-11(10-14)6-7-12(13)15-2;/h6-7,9H,3-5,8,10,14H2,1-2H3;1H. The molecule has 0 saturated heterocycles. The number of ether oxygens (including phenoxy) is 2. The first-order chi connectivity index (χ1) is 7.81. The van der Waals surface area contributed by atoms with Crippen molar-refractivity contribution in [3.63, 3.8) is 0 Å². The van der Waals surface area contributed by atoms with E-state index in [9.17, 15) is 0 Å². The van der Waals surface area contributed by atoms with E-state index < -0.39 is 0 Å². The second kappa shape index (κ2) is 9.14. The summed E-state index contributed by atoms with van der Waals surface area (Å²) in [5.41, 5.74) is 6.65. The van der Waals surface area contributed by atoms with E-state index in [1.165, 1.54) is 12.8 Å². The molecule has 1 aromatic carbocycles. The van der Waals surface area contributed by atoms with Gasteiger partial charge in [0, 0.05) is 6.54 Å². The van der Waals surface area contributed by atoms with Crippen molar-refractivity contribution < 1.29 is 9.47 Å². The van der Waals surface area contributed by atoms with E-state index in [2.05, 4.69) is 6.92 Å². The van der Waals surface area contributed by atoms with Crippen molar-refractivity contribution in [1.82, 2.24) is 0 Å². The van der Waals surface area contributed by atoms with Gasteiger partial charge in [0.1, 0.15) is 0 Å². The van der Waals surface area contributed by atoms with Crippen LogP contribution in [-0.2, 0) is 6.54 Å². The quantitative estimate of drug-likeness (QED) is 0.765. The van der Waals surface area contributed by atoms with E-state index in [1.54, 1.807) is 7.11 Å². The molecule has 0 saturated carbocycles. The summed E-state index contributed by atoms with van der Waals surface area (Å²) in [5.74, 6) is 1.57. The summed E-state index contributed by atoms with van der Waals surface area (Å²) >= 11 is 0. The first-order valence-electron chi connectivity index (χ1n) is 5.81. The Morgan fingerprint density at radius 1 is 1.18 bits per heavy atom. The van der Waals surface area contributed by atoms with Crippen LogP contribution in [0.3, 0.4) is 0 Å². The average Bonchev–Trinajstić information content (AvgIpc) is 2.34. The Balaban J connectivity index is 0.00000256. The van der Waals surface area contributed by atoms with Gasteiger partial charge in [-0.2, -0.15) is 0 Å². The highest BCUT2D eigenvalue weighted by Gasteiger charge is 2.04. The average molecular weight is 260 g/mol. The molecule has 0 bridgehead atoms. The van der Waals surface area contributed by atoms with Crippen LogP contribution in [0.5, 0.6) is 11.5 Å². The number of unbranched alkanes of at least 4 members (excludes halogenated alkanes) is 2. The summed E-state index contributed by atoms with van der Waals surface area (Å²) in [5, 5.41) is 0. The molecular weight excluding hydrogens is 238 g/mol. The van der Waals surface area contributed by atoms with E-state index >= 15 is 0 Å². The highest BCUT2D eigenvalue weighted by atomic mass is 35.5. The smallest absolute Gasteiger partial charge is 0.161 e. The molecule has 0 heterocycles. The summed E-state index contributed by atoms with van der Waals surface area (Å²) in [6.07, 6.45) is 3.47. The van der Waals surface area contributed by atoms with Crippen LogP contribution in [0.1, 0.15) is 31.7 Å². The second-order valence-electron chi connectivity index (χ2n) is 3.74. The molecule has 0 spiro atoms. The molecule has 0 radical (unpaired) electrons. The zero-order chi connectivity index (χ0) is 11.8. The number of halogens is 1. The van der Waals surface area contributed by atoms with Crippen LogP contribution in [0.25, 0.3) is 0 Å². The minimum absolute atomic E-state index is 0. The number of hydrogen-bond acceptors (Lipinski definition) is 3. The Labute approximate surface area is 110 Å². The summed E-state index contributed by atoms with van der Waals surface area (Å²) in [6, 6.07) is 5.81. The highest BCUT2D eigenvalue weighted by Crippen LogP contribution is 2.28. The number of methoxy groups -OCH3 is 1. The molecule has 0 aromatic heterocycles. The molecule has 1 rings (SSSR count). The molecule has 17 heavy (non-hydrogen) atoms. The molecule has 98 valence electrons. The Hall–Kier alpha value is -0.930. The Bertz CT molecular complexity index is 318. The van der Waals surface area contributed by atoms with Crippen LogP contribution < -0.4 is 15.2 Å². The lowest BCUT2D eigenvalue weighted by atomic mass is 10.2. The Morgan fingerprint density at radius 2 is 1.94 bits per heavy atom. The van der Waals surface area contributed by atoms with Gasteiger partial charge in [-0.3, -0.25) is 0 Å². The molecule has 1 aromatic rings. The van der Waals surface area contributed by atoms with Gasteiger partial charge >= 0.3 is 0 Å². The van der Waals surface area contributed by atoms with Gasteiger partial charge in [0.25, 0.3) is 0 Å². The second-order valence-corrected chi connectivity index (χ2v) is 3.74. The highest BCUT2D eigenvalue weighted by molar-refractivity contribution is 5.85. The normalized spacial score (nSPS) is 9.59. The van der Waals surface area contributed by atoms with Gasteiger partial charge in [0.05, 0.1) is 13.7 Å². The minimum atomic E-state index is 0. The van der Waals surface area contributed by atoms with Gasteiger partial charge in [-0.15, -0.1) is 12.4 Å². The third-order valence-electron chi connectivity index (χ3n) is 2.47. The molecule has 0 unspecified atom stereocenters. The van der Waals surface area contributed by atoms with Crippen molar-refractivity contribution in [1.29, 1.82) is 0 Å². The molecule has 0 aliphatic carbocycles. The topological polar surface area (TPSA) is 44.5 Å². The van der Waals surface area contributed by atoms with Crippen molar-refractivity contribution in [2.45, 2.75) is 32.7 Å². The lowest BCUT2D eigenvalue weighted by molar-refractivity contribution is 0.285. The SMILES string of the molecule is CCCCCOc1cc(CN)ccc1OC.Cl. The summed E-state index contributed by atoms with van der Waals surface area (Å²) < 4.78 is 10.9. The number of benzene rings is 1. The Kier molecular flexibility index (Phi) is 8.64. The molecule has 0 fully saturated rings. The molecule has 3 nitrogen and oxygen atoms in total. The maximum absolute atomic E-state index is 5.69. The van der Waals surface area contributed by atoms with Crippen molar-refractivity contribution in [3.8, 4) is 11.5 Å². The maximum Gasteiger partial charge on any atom is 0.161 e. The lowest BCUT2D eigenvalue weighted by Crippen LogP contribution is -2.02. The molecule has 2 N–H and O–H groups in total. The zero-order valence-electron chi connectivity index (χ0n) is 10.6. The van der Waals surface area contributed by atoms with Gasteiger partial charge in [0.2, 0.25) is 0 Å². The minimum Gasteiger partial charge on any atom is -0.493 e. The molecular formula is C13H22ClNO2. The van der Waals surface area contributed by atoms with Gasteiger partial charge < -0.3 is 15.2 Å². The summed E-state index contributed by atoms with van der Waals surface area (Å²) in [4.78, 5) is 0. The van der Waals surface area contributed by atoms with Crippen LogP contribution in [-0.4, -0.2) is 13.7 Å². The predicted molar refractivity (Wildman–Crippen MR) is 73.2 cm³/mol. The van der Waals surface area contributed by atoms with Gasteiger partial charge in [-0.25, -0.2) is 0 Å². The third-order valence-corrected chi connectivity index (χ3v) is 2.47. The first-order valence-corrected chi connectivity index (χ1v) is 5.81. The molecule has 0 amide bonds. The zero-order valence-corrected chi connectivity index (χ0v) is 11.4. The van der Waals surface area contributed by atoms with Crippen molar-refractivity contribution in [3.05, 3.63) is 23.8 Å². The number of nitrogens with two attached hydrogens (primary N) is 1. The maximum atomic E-state index is 5.69. The van der Waals surface area contributed by atoms with Crippen LogP contribution in [0.4, 0.5) is 0 Å². The van der Waals surface area contributed by atoms with Gasteiger partial charge in [-0.05, 0) is 24.1 Å². The van der Waals surface area contributed by atoms with E-state index in [0.29, 0.717) is 6.54 Å². The lowest BCUT2D eigenvalue weighted by Gasteiger charge is -2.11. The first kappa shape index (κ1) is 16.1. The van der Waals surface area contributed by atoms with Crippen LogP contribution >= 0.6 is 12.4 Å². The summed E-state index contributed by atoms with van der Waals surface area (Å²) in [7, 11) is 1.65. The van der Waals surface area contributed by atoms with Crippen LogP contribution in [0.2, 0.25) is 0 Å². The van der Waals surface area contributed by atoms with E-state index in [-0.39, 0.29) is 12.4 Å². The predicted octanol–water partition coefficient (Wildman–Crippen LogP) is 3.14. The van der Waals surface area contributed by atoms with Gasteiger partial charge in [-0.1, -0.05) is 25.8 Å². The van der Waals surface area contributed by atoms with E-state index in [0.717, 1.165) is 30.1 Å². The summed E-state index contributed by atoms with van der Waals surface area (Å²) in [6.45, 7) is 3.43. The largest absolute Gasteiger partial charge is 0.493 e. The molecule has 0 aliphatic heterocycles. The van der Waals surface area contributed by atoms with Crippen molar-refractivity contribution in [2.24, 2.45) is 5.73 Å². The number of hydrogen-bond donors (Lipinski definition) is 1. The van der Waals surface area contributed by atoms with Crippen molar-refractivity contribution in [2.75, 3.05) is 13.7 Å². The monoisotopic (exact) mass is 259 g/mol. The molecule has 4 heteroatoms. The van der Waals surface area contributed by atoms with Crippen LogP contribution in [0, 0.1) is 0 Å². The van der Waals surface area contributed by atoms with E-state index in [4.69, 9.17) is 15.2 Å². The fourth-order valence-corrected chi connectivity index (χ4v) is 1.50. The van der Waals surface area contributed by atoms with Crippen molar-refractivity contribution >= 4 is 12.4 Å². The van der Waals surface area contributed by atoms with Crippen LogP contribution in [0.15, 0.2) is 18.2 Å².